The minimum absolute atomic E-state index is 0. The van der Waals surface area contributed by atoms with E-state index in [0.717, 1.165) is 15.9 Å². The van der Waals surface area contributed by atoms with E-state index in [9.17, 15) is 4.79 Å². The van der Waals surface area contributed by atoms with Gasteiger partial charge in [0.15, 0.2) is 0 Å². The van der Waals surface area contributed by atoms with Gasteiger partial charge in [0.2, 0.25) is 0 Å². The summed E-state index contributed by atoms with van der Waals surface area (Å²) in [6.45, 7) is 2.55. The zero-order chi connectivity index (χ0) is 13.9. The molecule has 4 nitrogen and oxygen atoms in total. The first-order valence-corrected chi connectivity index (χ1v) is 7.23. The van der Waals surface area contributed by atoms with Crippen molar-refractivity contribution in [3.8, 4) is 0 Å². The van der Waals surface area contributed by atoms with Crippen LogP contribution >= 0.6 is 11.3 Å². The maximum absolute atomic E-state index is 12.6. The molecule has 0 unspecified atom stereocenters. The van der Waals surface area contributed by atoms with Crippen molar-refractivity contribution in [2.24, 2.45) is 0 Å². The molecule has 0 atom stereocenters. The molecule has 0 spiro atoms. The molecule has 3 aromatic rings. The van der Waals surface area contributed by atoms with E-state index in [1.54, 1.807) is 46.3 Å². The Morgan fingerprint density at radius 1 is 1.29 bits per heavy atom. The number of pyridine rings is 1. The molecule has 0 fully saturated rings. The van der Waals surface area contributed by atoms with E-state index in [2.05, 4.69) is 9.97 Å². The normalized spacial score (nSPS) is 10.1. The predicted molar refractivity (Wildman–Crippen MR) is 81.2 cm³/mol. The monoisotopic (exact) mass is 334 g/mol. The third-order valence-corrected chi connectivity index (χ3v) is 3.89. The fourth-order valence-electron chi connectivity index (χ4n) is 2.16. The van der Waals surface area contributed by atoms with Gasteiger partial charge in [-0.2, -0.15) is 0 Å². The van der Waals surface area contributed by atoms with E-state index in [1.165, 1.54) is 0 Å². The van der Waals surface area contributed by atoms with Gasteiger partial charge in [-0.3, -0.25) is 9.78 Å². The van der Waals surface area contributed by atoms with Crippen molar-refractivity contribution in [3.05, 3.63) is 53.8 Å². The zero-order valence-corrected chi connectivity index (χ0v) is 13.6. The molecule has 0 aliphatic carbocycles. The van der Waals surface area contributed by atoms with Crippen molar-refractivity contribution in [2.75, 3.05) is 11.4 Å². The standard InChI is InChI=1S/C15H13N3OS.V/c1-2-18(15(19)11-5-4-8-16-9-11)12-6-3-7-13-14(12)17-10-20-13;/h3-10H,2H2,1H3;. The van der Waals surface area contributed by atoms with Crippen molar-refractivity contribution in [1.29, 1.82) is 0 Å². The van der Waals surface area contributed by atoms with Crippen LogP contribution in [0.5, 0.6) is 0 Å². The molecule has 105 valence electrons. The van der Waals surface area contributed by atoms with Gasteiger partial charge in [-0.1, -0.05) is 6.07 Å². The summed E-state index contributed by atoms with van der Waals surface area (Å²) < 4.78 is 1.08. The number of para-hydroxylation sites is 1. The molecule has 3 rings (SSSR count). The van der Waals surface area contributed by atoms with Gasteiger partial charge in [-0.05, 0) is 31.2 Å². The van der Waals surface area contributed by atoms with Gasteiger partial charge in [-0.25, -0.2) is 4.98 Å². The minimum atomic E-state index is -0.0545. The number of rotatable bonds is 3. The van der Waals surface area contributed by atoms with Crippen LogP contribution in [-0.2, 0) is 18.6 Å². The van der Waals surface area contributed by atoms with Crippen LogP contribution in [0, 0.1) is 0 Å². The second-order valence-electron chi connectivity index (χ2n) is 4.27. The van der Waals surface area contributed by atoms with Gasteiger partial charge in [-0.15, -0.1) is 11.3 Å². The van der Waals surface area contributed by atoms with Crippen LogP contribution < -0.4 is 4.90 Å². The largest absolute Gasteiger partial charge is 0.306 e. The number of amides is 1. The average Bonchev–Trinajstić information content (AvgIpc) is 2.98. The molecular weight excluding hydrogens is 321 g/mol. The number of aromatic nitrogens is 2. The molecule has 0 bridgehead atoms. The molecule has 0 N–H and O–H groups in total. The Bertz CT molecular complexity index is 745. The molecule has 2 aromatic heterocycles. The molecule has 0 aliphatic heterocycles. The number of carbonyl (C=O) groups excluding carboxylic acids is 1. The summed E-state index contributed by atoms with van der Waals surface area (Å²) >= 11 is 1.58. The van der Waals surface area contributed by atoms with E-state index in [4.69, 9.17) is 0 Å². The number of nitrogens with zero attached hydrogens (tertiary/aromatic N) is 3. The Kier molecular flexibility index (Phi) is 5.12. The molecule has 1 radical (unpaired) electrons. The van der Waals surface area contributed by atoms with Crippen molar-refractivity contribution in [1.82, 2.24) is 9.97 Å². The van der Waals surface area contributed by atoms with Gasteiger partial charge in [0.1, 0.15) is 5.52 Å². The molecular formula is C15H13N3OSV. The maximum atomic E-state index is 12.6. The van der Waals surface area contributed by atoms with E-state index in [0.29, 0.717) is 12.1 Å². The molecule has 1 amide bonds. The van der Waals surface area contributed by atoms with Crippen LogP contribution in [0.3, 0.4) is 0 Å². The molecule has 6 heteroatoms. The summed E-state index contributed by atoms with van der Waals surface area (Å²) in [6.07, 6.45) is 3.25. The van der Waals surface area contributed by atoms with Crippen LogP contribution in [0.2, 0.25) is 0 Å². The number of carbonyl (C=O) groups is 1. The SMILES string of the molecule is CCN(C(=O)c1cccnc1)c1cccc2scnc12.[V]. The van der Waals surface area contributed by atoms with Gasteiger partial charge in [0.25, 0.3) is 5.91 Å². The topological polar surface area (TPSA) is 46.1 Å². The van der Waals surface area contributed by atoms with E-state index in [-0.39, 0.29) is 24.5 Å². The van der Waals surface area contributed by atoms with Crippen molar-refractivity contribution in [3.63, 3.8) is 0 Å². The summed E-state index contributed by atoms with van der Waals surface area (Å²) in [5, 5.41) is 0. The van der Waals surface area contributed by atoms with Gasteiger partial charge in [0, 0.05) is 37.5 Å². The summed E-state index contributed by atoms with van der Waals surface area (Å²) in [5.74, 6) is -0.0545. The number of hydrogen-bond acceptors (Lipinski definition) is 4. The van der Waals surface area contributed by atoms with E-state index in [1.807, 2.05) is 25.1 Å². The third kappa shape index (κ3) is 3.00. The number of thiazole rings is 1. The van der Waals surface area contributed by atoms with Crippen LogP contribution in [0.15, 0.2) is 48.2 Å². The quantitative estimate of drug-likeness (QED) is 0.738. The summed E-state index contributed by atoms with van der Waals surface area (Å²) in [7, 11) is 0. The van der Waals surface area contributed by atoms with Gasteiger partial charge in [0.05, 0.1) is 21.5 Å². The maximum Gasteiger partial charge on any atom is 0.259 e. The Morgan fingerprint density at radius 3 is 2.86 bits per heavy atom. The molecule has 1 aromatic carbocycles. The molecule has 0 aliphatic rings. The second-order valence-corrected chi connectivity index (χ2v) is 5.15. The van der Waals surface area contributed by atoms with Crippen molar-refractivity contribution in [2.45, 2.75) is 6.92 Å². The van der Waals surface area contributed by atoms with Crippen molar-refractivity contribution < 1.29 is 23.4 Å². The fraction of sp³-hybridized carbons (Fsp3) is 0.133. The molecule has 21 heavy (non-hydrogen) atoms. The summed E-state index contributed by atoms with van der Waals surface area (Å²) in [5.41, 5.74) is 4.11. The zero-order valence-electron chi connectivity index (χ0n) is 11.4. The first kappa shape index (κ1) is 15.7. The summed E-state index contributed by atoms with van der Waals surface area (Å²) in [4.78, 5) is 22.7. The summed E-state index contributed by atoms with van der Waals surface area (Å²) in [6, 6.07) is 9.44. The van der Waals surface area contributed by atoms with Crippen LogP contribution in [0.1, 0.15) is 17.3 Å². The number of benzene rings is 1. The first-order valence-electron chi connectivity index (χ1n) is 6.35. The third-order valence-electron chi connectivity index (χ3n) is 3.10. The molecule has 0 saturated carbocycles. The molecule has 2 heterocycles. The Balaban J connectivity index is 0.00000161. The van der Waals surface area contributed by atoms with E-state index >= 15 is 0 Å². The van der Waals surface area contributed by atoms with Crippen LogP contribution in [-0.4, -0.2) is 22.4 Å². The van der Waals surface area contributed by atoms with Crippen molar-refractivity contribution >= 4 is 33.1 Å². The predicted octanol–water partition coefficient (Wildman–Crippen LogP) is 3.36. The first-order chi connectivity index (χ1) is 9.81. The van der Waals surface area contributed by atoms with Crippen LogP contribution in [0.4, 0.5) is 5.69 Å². The number of anilines is 1. The van der Waals surface area contributed by atoms with Gasteiger partial charge < -0.3 is 4.90 Å². The Hall–Kier alpha value is -1.69. The molecule has 0 saturated heterocycles. The number of hydrogen-bond donors (Lipinski definition) is 0. The van der Waals surface area contributed by atoms with Gasteiger partial charge >= 0.3 is 0 Å². The fourth-order valence-corrected chi connectivity index (χ4v) is 2.86. The minimum Gasteiger partial charge on any atom is -0.306 e. The average molecular weight is 334 g/mol. The smallest absolute Gasteiger partial charge is 0.259 e. The second kappa shape index (κ2) is 6.85. The van der Waals surface area contributed by atoms with E-state index < -0.39 is 0 Å². The number of fused-ring (bicyclic) bond motifs is 1. The Morgan fingerprint density at radius 2 is 2.14 bits per heavy atom. The Labute approximate surface area is 138 Å². The van der Waals surface area contributed by atoms with Crippen LogP contribution in [0.25, 0.3) is 10.2 Å².